The molecule has 1 heterocycles. The minimum atomic E-state index is -0.284. The van der Waals surface area contributed by atoms with E-state index in [1.54, 1.807) is 0 Å². The average Bonchev–Trinajstić information content (AvgIpc) is 2.51. The fraction of sp³-hybridized carbons (Fsp3) is 1.00. The zero-order valence-electron chi connectivity index (χ0n) is 11.4. The molecule has 3 atom stereocenters. The summed E-state index contributed by atoms with van der Waals surface area (Å²) >= 11 is 0. The maximum Gasteiger partial charge on any atom is 0.0834 e. The Morgan fingerprint density at radius 1 is 0.889 bits per heavy atom. The van der Waals surface area contributed by atoms with Crippen molar-refractivity contribution in [1.29, 1.82) is 0 Å². The number of ether oxygens (including phenoxy) is 1. The van der Waals surface area contributed by atoms with Crippen molar-refractivity contribution in [1.82, 2.24) is 0 Å². The molecule has 0 aromatic carbocycles. The normalized spacial score (nSPS) is 36.7. The Labute approximate surface area is 111 Å². The smallest absolute Gasteiger partial charge is 0.0834 e. The molecule has 1 saturated heterocycles. The molecule has 0 bridgehead atoms. The van der Waals surface area contributed by atoms with E-state index in [1.807, 2.05) is 0 Å². The summed E-state index contributed by atoms with van der Waals surface area (Å²) in [7, 11) is 0. The summed E-state index contributed by atoms with van der Waals surface area (Å²) in [6, 6.07) is 0. The number of hydrogen-bond donors (Lipinski definition) is 2. The van der Waals surface area contributed by atoms with Gasteiger partial charge in [0.25, 0.3) is 0 Å². The standard InChI is InChI=1S/C15H28O3/c16-11-14-9-13(17)10-15(18-14)12-7-5-3-1-2-4-6-8-12/h12-17H,1-11H2/t13?,14-,15+/m0/s1. The first kappa shape index (κ1) is 14.3. The molecular weight excluding hydrogens is 228 g/mol. The summed E-state index contributed by atoms with van der Waals surface area (Å²) in [6.07, 6.45) is 11.6. The molecule has 2 aliphatic rings. The highest BCUT2D eigenvalue weighted by molar-refractivity contribution is 4.82. The summed E-state index contributed by atoms with van der Waals surface area (Å²) in [4.78, 5) is 0. The van der Waals surface area contributed by atoms with Gasteiger partial charge >= 0.3 is 0 Å². The summed E-state index contributed by atoms with van der Waals surface area (Å²) in [5.41, 5.74) is 0. The molecule has 3 heteroatoms. The molecule has 2 fully saturated rings. The Kier molecular flexibility index (Phi) is 5.93. The van der Waals surface area contributed by atoms with Crippen LogP contribution in [-0.4, -0.2) is 35.1 Å². The van der Waals surface area contributed by atoms with Crippen LogP contribution in [0.1, 0.15) is 64.2 Å². The molecule has 0 amide bonds. The topological polar surface area (TPSA) is 49.7 Å². The second kappa shape index (κ2) is 7.46. The fourth-order valence-corrected chi connectivity index (χ4v) is 3.48. The van der Waals surface area contributed by atoms with Gasteiger partial charge in [0.1, 0.15) is 0 Å². The van der Waals surface area contributed by atoms with Gasteiger partial charge in [-0.15, -0.1) is 0 Å². The van der Waals surface area contributed by atoms with Crippen LogP contribution in [0.5, 0.6) is 0 Å². The molecule has 3 nitrogen and oxygen atoms in total. The molecule has 1 aliphatic heterocycles. The highest BCUT2D eigenvalue weighted by Crippen LogP contribution is 2.32. The molecule has 0 spiro atoms. The molecule has 2 rings (SSSR count). The zero-order valence-corrected chi connectivity index (χ0v) is 11.4. The van der Waals surface area contributed by atoms with Crippen LogP contribution in [0.15, 0.2) is 0 Å². The zero-order chi connectivity index (χ0) is 12.8. The lowest BCUT2D eigenvalue weighted by Gasteiger charge is -2.37. The largest absolute Gasteiger partial charge is 0.394 e. The van der Waals surface area contributed by atoms with Crippen LogP contribution in [0.25, 0.3) is 0 Å². The first-order chi connectivity index (χ1) is 8.79. The third kappa shape index (κ3) is 4.22. The van der Waals surface area contributed by atoms with Gasteiger partial charge in [-0.1, -0.05) is 38.5 Å². The Hall–Kier alpha value is -0.120. The van der Waals surface area contributed by atoms with Crippen molar-refractivity contribution in [2.24, 2.45) is 5.92 Å². The van der Waals surface area contributed by atoms with Crippen LogP contribution >= 0.6 is 0 Å². The van der Waals surface area contributed by atoms with Crippen molar-refractivity contribution in [3.05, 3.63) is 0 Å². The Morgan fingerprint density at radius 3 is 2.11 bits per heavy atom. The summed E-state index contributed by atoms with van der Waals surface area (Å²) in [5, 5.41) is 19.1. The van der Waals surface area contributed by atoms with Crippen LogP contribution in [0, 0.1) is 5.92 Å². The van der Waals surface area contributed by atoms with Gasteiger partial charge in [-0.05, 0) is 25.2 Å². The van der Waals surface area contributed by atoms with Crippen LogP contribution in [0.2, 0.25) is 0 Å². The van der Waals surface area contributed by atoms with Crippen LogP contribution in [0.3, 0.4) is 0 Å². The maximum atomic E-state index is 9.90. The minimum absolute atomic E-state index is 0.0419. The molecule has 1 saturated carbocycles. The fourth-order valence-electron chi connectivity index (χ4n) is 3.48. The third-order valence-corrected chi connectivity index (χ3v) is 4.54. The van der Waals surface area contributed by atoms with Crippen molar-refractivity contribution in [2.75, 3.05) is 6.61 Å². The lowest BCUT2D eigenvalue weighted by molar-refractivity contribution is -0.133. The van der Waals surface area contributed by atoms with E-state index in [-0.39, 0.29) is 24.9 Å². The first-order valence-electron chi connectivity index (χ1n) is 7.74. The third-order valence-electron chi connectivity index (χ3n) is 4.54. The average molecular weight is 256 g/mol. The van der Waals surface area contributed by atoms with Crippen molar-refractivity contribution in [3.8, 4) is 0 Å². The number of hydrogen-bond acceptors (Lipinski definition) is 3. The van der Waals surface area contributed by atoms with Crippen molar-refractivity contribution < 1.29 is 14.9 Å². The molecule has 1 aliphatic carbocycles. The van der Waals surface area contributed by atoms with E-state index < -0.39 is 0 Å². The predicted octanol–water partition coefficient (Wildman–Crippen LogP) is 2.64. The molecule has 18 heavy (non-hydrogen) atoms. The van der Waals surface area contributed by atoms with E-state index >= 15 is 0 Å². The monoisotopic (exact) mass is 256 g/mol. The van der Waals surface area contributed by atoms with Crippen molar-refractivity contribution >= 4 is 0 Å². The second-order valence-electron chi connectivity index (χ2n) is 6.06. The molecular formula is C15H28O3. The van der Waals surface area contributed by atoms with Crippen molar-refractivity contribution in [3.63, 3.8) is 0 Å². The minimum Gasteiger partial charge on any atom is -0.394 e. The van der Waals surface area contributed by atoms with Gasteiger partial charge in [0.05, 0.1) is 24.9 Å². The van der Waals surface area contributed by atoms with Gasteiger partial charge < -0.3 is 14.9 Å². The Bertz CT molecular complexity index is 222. The summed E-state index contributed by atoms with van der Waals surface area (Å²) < 4.78 is 5.97. The van der Waals surface area contributed by atoms with Gasteiger partial charge in [-0.25, -0.2) is 0 Å². The molecule has 2 N–H and O–H groups in total. The van der Waals surface area contributed by atoms with E-state index in [0.717, 1.165) is 6.42 Å². The number of aliphatic hydroxyl groups excluding tert-OH is 2. The highest BCUT2D eigenvalue weighted by Gasteiger charge is 2.32. The molecule has 0 aromatic heterocycles. The predicted molar refractivity (Wildman–Crippen MR) is 71.4 cm³/mol. The highest BCUT2D eigenvalue weighted by atomic mass is 16.5. The van der Waals surface area contributed by atoms with Gasteiger partial charge in [0.2, 0.25) is 0 Å². The SMILES string of the molecule is OC[C@@H]1CC(O)C[C@H](C2CCCCCCCC2)O1. The van der Waals surface area contributed by atoms with Crippen molar-refractivity contribution in [2.45, 2.75) is 82.5 Å². The Balaban J connectivity index is 1.89. The quantitative estimate of drug-likeness (QED) is 0.798. The van der Waals surface area contributed by atoms with E-state index in [1.165, 1.54) is 51.4 Å². The summed E-state index contributed by atoms with van der Waals surface area (Å²) in [6.45, 7) is 0.0419. The van der Waals surface area contributed by atoms with Crippen LogP contribution in [-0.2, 0) is 4.74 Å². The van der Waals surface area contributed by atoms with Gasteiger partial charge in [-0.2, -0.15) is 0 Å². The van der Waals surface area contributed by atoms with E-state index in [2.05, 4.69) is 0 Å². The molecule has 106 valence electrons. The van der Waals surface area contributed by atoms with Crippen LogP contribution < -0.4 is 0 Å². The molecule has 0 radical (unpaired) electrons. The first-order valence-corrected chi connectivity index (χ1v) is 7.74. The van der Waals surface area contributed by atoms with E-state index in [9.17, 15) is 10.2 Å². The maximum absolute atomic E-state index is 9.90. The Morgan fingerprint density at radius 2 is 1.50 bits per heavy atom. The summed E-state index contributed by atoms with van der Waals surface area (Å²) in [5.74, 6) is 0.590. The van der Waals surface area contributed by atoms with Crippen LogP contribution in [0.4, 0.5) is 0 Å². The second-order valence-corrected chi connectivity index (χ2v) is 6.06. The molecule has 1 unspecified atom stereocenters. The van der Waals surface area contributed by atoms with Gasteiger partial charge in [0, 0.05) is 6.42 Å². The molecule has 0 aromatic rings. The lowest BCUT2D eigenvalue weighted by Crippen LogP contribution is -2.41. The van der Waals surface area contributed by atoms with Gasteiger partial charge in [0.15, 0.2) is 0 Å². The van der Waals surface area contributed by atoms with E-state index in [0.29, 0.717) is 12.3 Å². The van der Waals surface area contributed by atoms with Gasteiger partial charge in [-0.3, -0.25) is 0 Å². The number of aliphatic hydroxyl groups is 2. The number of rotatable bonds is 2. The van der Waals surface area contributed by atoms with E-state index in [4.69, 9.17) is 4.74 Å². The lowest BCUT2D eigenvalue weighted by atomic mass is 9.86.